The SMILES string of the molecule is c1ccc(-c2cccc3oc4cc(N(c5ccc(C6CC7CCC6C7)cc5)c5ccc(C6(c7ccccc7)CCCCCC6)cc5)ccc4c23)cc1. The monoisotopic (exact) mass is 677 g/mol. The molecule has 2 nitrogen and oxygen atoms in total. The fourth-order valence-corrected chi connectivity index (χ4v) is 10.5. The van der Waals surface area contributed by atoms with Crippen LogP contribution in [0, 0.1) is 11.8 Å². The maximum atomic E-state index is 6.64. The highest BCUT2D eigenvalue weighted by molar-refractivity contribution is 6.13. The van der Waals surface area contributed by atoms with E-state index < -0.39 is 0 Å². The molecule has 10 rings (SSSR count). The van der Waals surface area contributed by atoms with Gasteiger partial charge in [0.1, 0.15) is 11.2 Å². The average molecular weight is 678 g/mol. The standard InChI is InChI=1S/C50H47NO/c1-2-10-31-50(30-9-1,39-14-7-4-8-15-39)40-22-26-42(27-23-40)51(41-24-20-37(21-25-41)46-33-35-18-19-38(46)32-35)43-28-29-45-48(34-43)52-47-17-11-16-44(49(45)47)36-12-5-3-6-13-36/h3-8,11-17,20-29,34-35,38,46H,1-2,9-10,18-19,30-33H2. The first kappa shape index (κ1) is 31.6. The molecule has 0 aliphatic heterocycles. The number of hydrogen-bond donors (Lipinski definition) is 0. The van der Waals surface area contributed by atoms with Crippen molar-refractivity contribution in [3.05, 3.63) is 162 Å². The number of rotatable bonds is 7. The van der Waals surface area contributed by atoms with E-state index in [0.717, 1.165) is 40.0 Å². The lowest BCUT2D eigenvalue weighted by molar-refractivity contribution is 0.420. The Morgan fingerprint density at radius 2 is 1.21 bits per heavy atom. The van der Waals surface area contributed by atoms with Crippen molar-refractivity contribution in [3.8, 4) is 11.1 Å². The Hall–Kier alpha value is -5.08. The highest BCUT2D eigenvalue weighted by Gasteiger charge is 2.40. The Kier molecular flexibility index (Phi) is 8.01. The summed E-state index contributed by atoms with van der Waals surface area (Å²) >= 11 is 0. The van der Waals surface area contributed by atoms with Gasteiger partial charge in [0.15, 0.2) is 0 Å². The molecule has 6 aromatic carbocycles. The molecule has 3 fully saturated rings. The minimum Gasteiger partial charge on any atom is -0.456 e. The van der Waals surface area contributed by atoms with E-state index in [1.165, 1.54) is 109 Å². The summed E-state index contributed by atoms with van der Waals surface area (Å²) in [4.78, 5) is 2.43. The van der Waals surface area contributed by atoms with Crippen LogP contribution in [0.3, 0.4) is 0 Å². The normalized spacial score (nSPS) is 21.0. The van der Waals surface area contributed by atoms with Gasteiger partial charge in [0.05, 0.1) is 0 Å². The summed E-state index contributed by atoms with van der Waals surface area (Å²) in [6.45, 7) is 0. The third kappa shape index (κ3) is 5.46. The van der Waals surface area contributed by atoms with E-state index in [-0.39, 0.29) is 5.41 Å². The fraction of sp³-hybridized carbons (Fsp3) is 0.280. The van der Waals surface area contributed by atoms with Crippen LogP contribution in [0.4, 0.5) is 17.1 Å². The lowest BCUT2D eigenvalue weighted by Gasteiger charge is -2.35. The van der Waals surface area contributed by atoms with Crippen LogP contribution in [-0.4, -0.2) is 0 Å². The van der Waals surface area contributed by atoms with Crippen molar-refractivity contribution >= 4 is 39.0 Å². The summed E-state index contributed by atoms with van der Waals surface area (Å²) in [5.74, 6) is 2.53. The second-order valence-corrected chi connectivity index (χ2v) is 15.9. The smallest absolute Gasteiger partial charge is 0.137 e. The van der Waals surface area contributed by atoms with Gasteiger partial charge < -0.3 is 9.32 Å². The minimum absolute atomic E-state index is 0.0626. The zero-order chi connectivity index (χ0) is 34.5. The Bertz CT molecular complexity index is 2310. The number of nitrogens with zero attached hydrogens (tertiary/aromatic N) is 1. The first-order valence-electron chi connectivity index (χ1n) is 19.8. The summed E-state index contributed by atoms with van der Waals surface area (Å²) in [5, 5.41) is 2.33. The predicted molar refractivity (Wildman–Crippen MR) is 217 cm³/mol. The highest BCUT2D eigenvalue weighted by atomic mass is 16.3. The van der Waals surface area contributed by atoms with Gasteiger partial charge in [0, 0.05) is 39.3 Å². The van der Waals surface area contributed by atoms with Crippen LogP contribution in [0.5, 0.6) is 0 Å². The van der Waals surface area contributed by atoms with Crippen molar-refractivity contribution in [2.24, 2.45) is 11.8 Å². The first-order chi connectivity index (χ1) is 25.7. The zero-order valence-electron chi connectivity index (χ0n) is 30.0. The van der Waals surface area contributed by atoms with Gasteiger partial charge in [0.2, 0.25) is 0 Å². The Labute approximate surface area is 308 Å². The molecule has 1 aromatic heterocycles. The fourth-order valence-electron chi connectivity index (χ4n) is 10.5. The molecule has 7 aromatic rings. The topological polar surface area (TPSA) is 16.4 Å². The van der Waals surface area contributed by atoms with Crippen LogP contribution < -0.4 is 4.90 Å². The molecule has 0 saturated heterocycles. The van der Waals surface area contributed by atoms with Gasteiger partial charge in [-0.15, -0.1) is 0 Å². The molecule has 3 aliphatic carbocycles. The van der Waals surface area contributed by atoms with Crippen molar-refractivity contribution in [2.75, 3.05) is 4.90 Å². The van der Waals surface area contributed by atoms with Crippen molar-refractivity contribution in [2.45, 2.75) is 75.5 Å². The Balaban J connectivity index is 1.07. The van der Waals surface area contributed by atoms with E-state index in [1.807, 2.05) is 0 Å². The zero-order valence-corrected chi connectivity index (χ0v) is 30.0. The van der Waals surface area contributed by atoms with Crippen LogP contribution in [0.2, 0.25) is 0 Å². The van der Waals surface area contributed by atoms with Gasteiger partial charge in [-0.3, -0.25) is 0 Å². The van der Waals surface area contributed by atoms with Gasteiger partial charge in [-0.05, 0) is 120 Å². The van der Waals surface area contributed by atoms with E-state index in [9.17, 15) is 0 Å². The number of furan rings is 1. The van der Waals surface area contributed by atoms with E-state index in [2.05, 4.69) is 150 Å². The van der Waals surface area contributed by atoms with Crippen LogP contribution >= 0.6 is 0 Å². The molecule has 0 amide bonds. The molecule has 0 spiro atoms. The molecule has 52 heavy (non-hydrogen) atoms. The van der Waals surface area contributed by atoms with Gasteiger partial charge in [-0.25, -0.2) is 0 Å². The number of benzene rings is 6. The van der Waals surface area contributed by atoms with Gasteiger partial charge in [-0.2, -0.15) is 0 Å². The van der Waals surface area contributed by atoms with Crippen molar-refractivity contribution in [3.63, 3.8) is 0 Å². The summed E-state index contributed by atoms with van der Waals surface area (Å²) in [6.07, 6.45) is 13.3. The lowest BCUT2D eigenvalue weighted by Crippen LogP contribution is -2.27. The van der Waals surface area contributed by atoms with Gasteiger partial charge in [0.25, 0.3) is 0 Å². The molecule has 3 unspecified atom stereocenters. The molecule has 0 radical (unpaired) electrons. The van der Waals surface area contributed by atoms with Crippen molar-refractivity contribution in [1.29, 1.82) is 0 Å². The highest BCUT2D eigenvalue weighted by Crippen LogP contribution is 2.53. The molecule has 0 N–H and O–H groups in total. The molecule has 2 bridgehead atoms. The molecular formula is C50H47NO. The largest absolute Gasteiger partial charge is 0.456 e. The summed E-state index contributed by atoms with van der Waals surface area (Å²) < 4.78 is 6.64. The van der Waals surface area contributed by atoms with E-state index >= 15 is 0 Å². The predicted octanol–water partition coefficient (Wildman–Crippen LogP) is 14.3. The molecule has 3 atom stereocenters. The average Bonchev–Trinajstić information content (AvgIpc) is 3.89. The minimum atomic E-state index is 0.0626. The third-order valence-electron chi connectivity index (χ3n) is 13.1. The van der Waals surface area contributed by atoms with Crippen molar-refractivity contribution < 1.29 is 4.42 Å². The second kappa shape index (κ2) is 13.2. The van der Waals surface area contributed by atoms with Crippen LogP contribution in [0.1, 0.15) is 86.8 Å². The quantitative estimate of drug-likeness (QED) is 0.156. The van der Waals surface area contributed by atoms with Crippen LogP contribution in [0.25, 0.3) is 33.1 Å². The summed E-state index contributed by atoms with van der Waals surface area (Å²) in [6, 6.07) is 54.3. The van der Waals surface area contributed by atoms with Crippen LogP contribution in [0.15, 0.2) is 150 Å². The van der Waals surface area contributed by atoms with E-state index in [4.69, 9.17) is 4.42 Å². The van der Waals surface area contributed by atoms with Gasteiger partial charge in [-0.1, -0.05) is 129 Å². The maximum absolute atomic E-state index is 6.64. The second-order valence-electron chi connectivity index (χ2n) is 15.9. The maximum Gasteiger partial charge on any atom is 0.137 e. The first-order valence-corrected chi connectivity index (χ1v) is 19.8. The summed E-state index contributed by atoms with van der Waals surface area (Å²) in [5.41, 5.74) is 12.2. The number of fused-ring (bicyclic) bond motifs is 5. The summed E-state index contributed by atoms with van der Waals surface area (Å²) in [7, 11) is 0. The Morgan fingerprint density at radius 1 is 0.538 bits per heavy atom. The molecule has 258 valence electrons. The lowest BCUT2D eigenvalue weighted by atomic mass is 9.69. The van der Waals surface area contributed by atoms with E-state index in [1.54, 1.807) is 0 Å². The van der Waals surface area contributed by atoms with Crippen molar-refractivity contribution in [1.82, 2.24) is 0 Å². The van der Waals surface area contributed by atoms with E-state index in [0.29, 0.717) is 0 Å². The van der Waals surface area contributed by atoms with Crippen LogP contribution in [-0.2, 0) is 5.41 Å². The number of hydrogen-bond acceptors (Lipinski definition) is 2. The molecule has 1 heterocycles. The molecule has 3 saturated carbocycles. The molecular weight excluding hydrogens is 631 g/mol. The third-order valence-corrected chi connectivity index (χ3v) is 13.1. The van der Waals surface area contributed by atoms with Gasteiger partial charge >= 0.3 is 0 Å². The molecule has 3 aliphatic rings. The number of anilines is 3. The Morgan fingerprint density at radius 3 is 1.90 bits per heavy atom. The molecule has 2 heteroatoms.